The van der Waals surface area contributed by atoms with Crippen LogP contribution in [-0.2, 0) is 15.1 Å². The van der Waals surface area contributed by atoms with E-state index in [9.17, 15) is 22.8 Å². The minimum Gasteiger partial charge on any atom is -0.351 e. The van der Waals surface area contributed by atoms with Crippen LogP contribution in [0.1, 0.15) is 6.42 Å². The second-order valence-corrected chi connectivity index (χ2v) is 6.89. The molecule has 5 N–H and O–H groups in total. The fourth-order valence-electron chi connectivity index (χ4n) is 3.02. The van der Waals surface area contributed by atoms with Crippen LogP contribution >= 0.6 is 0 Å². The third kappa shape index (κ3) is 3.08. The summed E-state index contributed by atoms with van der Waals surface area (Å²) >= 11 is 0. The summed E-state index contributed by atoms with van der Waals surface area (Å²) in [5.41, 5.74) is 5.86. The lowest BCUT2D eigenvalue weighted by Gasteiger charge is -2.42. The zero-order chi connectivity index (χ0) is 18.4. The van der Waals surface area contributed by atoms with E-state index in [2.05, 4.69) is 10.6 Å². The molecule has 25 heavy (non-hydrogen) atoms. The lowest BCUT2D eigenvalue weighted by atomic mass is 10.0. The third-order valence-electron chi connectivity index (χ3n) is 4.05. The molecule has 1 aromatic carbocycles. The minimum atomic E-state index is -4.61. The summed E-state index contributed by atoms with van der Waals surface area (Å²) in [5, 5.41) is 4.96. The molecule has 2 fully saturated rings. The monoisotopic (exact) mass is 369 g/mol. The average molecular weight is 369 g/mol. The number of hydrogen-bond acceptors (Lipinski definition) is 5. The van der Waals surface area contributed by atoms with Crippen molar-refractivity contribution in [3.63, 3.8) is 0 Å². The highest BCUT2D eigenvalue weighted by molar-refractivity contribution is 7.84. The van der Waals surface area contributed by atoms with Crippen molar-refractivity contribution in [1.29, 1.82) is 0 Å². The Morgan fingerprint density at radius 3 is 2.24 bits per heavy atom. The molecule has 5 amide bonds. The maximum atomic E-state index is 12.3. The van der Waals surface area contributed by atoms with Crippen molar-refractivity contribution in [2.45, 2.75) is 18.5 Å². The van der Waals surface area contributed by atoms with E-state index in [1.54, 1.807) is 0 Å². The minimum absolute atomic E-state index is 0.181. The van der Waals surface area contributed by atoms with E-state index in [0.29, 0.717) is 15.7 Å². The first kappa shape index (κ1) is 17.0. The van der Waals surface area contributed by atoms with Gasteiger partial charge in [0.1, 0.15) is 6.04 Å². The molecule has 0 radical (unpaired) electrons. The maximum absolute atomic E-state index is 12.3. The highest BCUT2D eigenvalue weighted by Crippen LogP contribution is 2.35. The molecule has 134 valence electrons. The van der Waals surface area contributed by atoms with Gasteiger partial charge < -0.3 is 21.3 Å². The topological polar surface area (TPSA) is 162 Å². The number of nitrogens with zero attached hydrogens (tertiary/aromatic N) is 2. The van der Waals surface area contributed by atoms with E-state index in [-0.39, 0.29) is 13.0 Å². The normalized spacial score (nSPS) is 22.2. The van der Waals surface area contributed by atoms with Gasteiger partial charge in [-0.05, 0) is 30.7 Å². The van der Waals surface area contributed by atoms with Crippen molar-refractivity contribution in [1.82, 2.24) is 9.21 Å². The first-order chi connectivity index (χ1) is 11.7. The molecule has 11 nitrogen and oxygen atoms in total. The Hall–Kier alpha value is -2.86. The zero-order valence-electron chi connectivity index (χ0n) is 12.7. The van der Waals surface area contributed by atoms with Crippen molar-refractivity contribution < 1.29 is 27.4 Å². The Morgan fingerprint density at radius 2 is 1.72 bits per heavy atom. The van der Waals surface area contributed by atoms with Crippen LogP contribution in [0.15, 0.2) is 24.3 Å². The SMILES string of the molecule is NC(=O)Nc1ccc(NC(=O)N2CC[C@@H]3[C@H]2C(=O)N3S(=O)(=O)O)cc1. The van der Waals surface area contributed by atoms with Gasteiger partial charge in [0, 0.05) is 17.9 Å². The predicted octanol–water partition coefficient (Wildman–Crippen LogP) is -0.203. The number of fused-ring (bicyclic) bond motifs is 1. The third-order valence-corrected chi connectivity index (χ3v) is 5.00. The van der Waals surface area contributed by atoms with Gasteiger partial charge in [0.05, 0.1) is 6.04 Å². The number of β-lactam (4-membered cyclic amide) rings is 1. The summed E-state index contributed by atoms with van der Waals surface area (Å²) in [6, 6.07) is 3.20. The van der Waals surface area contributed by atoms with Crippen LogP contribution in [0, 0.1) is 0 Å². The highest BCUT2D eigenvalue weighted by Gasteiger charge is 2.60. The molecule has 12 heteroatoms. The predicted molar refractivity (Wildman–Crippen MR) is 86.0 cm³/mol. The molecule has 1 aromatic rings. The van der Waals surface area contributed by atoms with Crippen LogP contribution in [-0.4, -0.2) is 58.8 Å². The maximum Gasteiger partial charge on any atom is 0.362 e. The average Bonchev–Trinajstić information content (AvgIpc) is 2.86. The Kier molecular flexibility index (Phi) is 4.00. The standard InChI is InChI=1S/C13H15N5O6S/c14-12(20)15-7-1-3-8(4-2-7)16-13(21)17-6-5-9-10(17)11(19)18(9)25(22,23)24/h1-4,9-10H,5-6H2,(H,16,21)(H3,14,15,20)(H,22,23,24)/t9-,10+/m1/s1. The molecule has 0 aliphatic carbocycles. The summed E-state index contributed by atoms with van der Waals surface area (Å²) in [4.78, 5) is 36.2. The lowest BCUT2D eigenvalue weighted by molar-refractivity contribution is -0.143. The van der Waals surface area contributed by atoms with Crippen LogP contribution in [0.25, 0.3) is 0 Å². The van der Waals surface area contributed by atoms with Crippen LogP contribution in [0.3, 0.4) is 0 Å². The van der Waals surface area contributed by atoms with Crippen LogP contribution in [0.2, 0.25) is 0 Å². The number of nitrogens with one attached hydrogen (secondary N) is 2. The Balaban J connectivity index is 1.65. The largest absolute Gasteiger partial charge is 0.362 e. The molecule has 0 bridgehead atoms. The van der Waals surface area contributed by atoms with Gasteiger partial charge in [-0.25, -0.2) is 13.9 Å². The fourth-order valence-corrected chi connectivity index (χ4v) is 3.92. The lowest BCUT2D eigenvalue weighted by Crippen LogP contribution is -2.68. The van der Waals surface area contributed by atoms with Crippen molar-refractivity contribution >= 4 is 39.6 Å². The number of nitrogens with two attached hydrogens (primary N) is 1. The molecular weight excluding hydrogens is 354 g/mol. The van der Waals surface area contributed by atoms with Crippen LogP contribution in [0.4, 0.5) is 21.0 Å². The number of hydrogen-bond donors (Lipinski definition) is 4. The number of carbonyl (C=O) groups excluding carboxylic acids is 3. The van der Waals surface area contributed by atoms with Gasteiger partial charge in [-0.1, -0.05) is 0 Å². The van der Waals surface area contributed by atoms with E-state index >= 15 is 0 Å². The summed E-state index contributed by atoms with van der Waals surface area (Å²) in [6.07, 6.45) is 0.255. The number of benzene rings is 1. The van der Waals surface area contributed by atoms with E-state index < -0.39 is 40.4 Å². The van der Waals surface area contributed by atoms with Crippen molar-refractivity contribution in [3.05, 3.63) is 24.3 Å². The van der Waals surface area contributed by atoms with E-state index in [4.69, 9.17) is 10.3 Å². The van der Waals surface area contributed by atoms with Crippen molar-refractivity contribution in [2.24, 2.45) is 5.73 Å². The molecule has 2 heterocycles. The van der Waals surface area contributed by atoms with Gasteiger partial charge in [-0.3, -0.25) is 9.35 Å². The van der Waals surface area contributed by atoms with Gasteiger partial charge in [-0.2, -0.15) is 8.42 Å². The van der Waals surface area contributed by atoms with E-state index in [1.165, 1.54) is 29.2 Å². The summed E-state index contributed by atoms with van der Waals surface area (Å²) in [7, 11) is -4.61. The molecular formula is C13H15N5O6S. The molecule has 0 saturated carbocycles. The molecule has 3 rings (SSSR count). The number of rotatable bonds is 3. The van der Waals surface area contributed by atoms with Crippen molar-refractivity contribution in [3.8, 4) is 0 Å². The first-order valence-electron chi connectivity index (χ1n) is 7.23. The number of carbonyl (C=O) groups is 3. The smallest absolute Gasteiger partial charge is 0.351 e. The van der Waals surface area contributed by atoms with Gasteiger partial charge in [-0.15, -0.1) is 0 Å². The van der Waals surface area contributed by atoms with Gasteiger partial charge >= 0.3 is 22.4 Å². The Labute approximate surface area is 142 Å². The fraction of sp³-hybridized carbons (Fsp3) is 0.308. The van der Waals surface area contributed by atoms with Gasteiger partial charge in [0.15, 0.2) is 0 Å². The van der Waals surface area contributed by atoms with E-state index in [1.807, 2.05) is 0 Å². The van der Waals surface area contributed by atoms with Crippen molar-refractivity contribution in [2.75, 3.05) is 17.2 Å². The number of primary amides is 1. The summed E-state index contributed by atoms with van der Waals surface area (Å²) in [6.45, 7) is 0.181. The van der Waals surface area contributed by atoms with E-state index in [0.717, 1.165) is 0 Å². The van der Waals surface area contributed by atoms with Gasteiger partial charge in [0.25, 0.3) is 5.91 Å². The quantitative estimate of drug-likeness (QED) is 0.426. The Morgan fingerprint density at radius 1 is 1.16 bits per heavy atom. The number of amides is 5. The molecule has 2 saturated heterocycles. The number of urea groups is 2. The summed E-state index contributed by atoms with van der Waals surface area (Å²) in [5.74, 6) is -0.832. The first-order valence-corrected chi connectivity index (χ1v) is 8.63. The second-order valence-electron chi connectivity index (χ2n) is 5.60. The molecule has 2 atom stereocenters. The second kappa shape index (κ2) is 5.89. The molecule has 0 unspecified atom stereocenters. The van der Waals surface area contributed by atoms with Crippen LogP contribution in [0.5, 0.6) is 0 Å². The molecule has 2 aliphatic rings. The molecule has 2 aliphatic heterocycles. The number of anilines is 2. The Bertz CT molecular complexity index is 839. The zero-order valence-corrected chi connectivity index (χ0v) is 13.6. The van der Waals surface area contributed by atoms with Crippen LogP contribution < -0.4 is 16.4 Å². The number of likely N-dealkylation sites (tertiary alicyclic amines) is 1. The van der Waals surface area contributed by atoms with Gasteiger partial charge in [0.2, 0.25) is 0 Å². The highest BCUT2D eigenvalue weighted by atomic mass is 32.2. The molecule has 0 spiro atoms. The molecule has 0 aromatic heterocycles. The summed E-state index contributed by atoms with van der Waals surface area (Å²) < 4.78 is 31.7.